The highest BCUT2D eigenvalue weighted by atomic mass is 28.3. The number of ether oxygens (including phenoxy) is 2. The highest BCUT2D eigenvalue weighted by Crippen LogP contribution is 1.88. The maximum atomic E-state index is 10.4. The van der Waals surface area contributed by atoms with E-state index in [-0.39, 0.29) is 5.97 Å². The summed E-state index contributed by atoms with van der Waals surface area (Å²) in [5, 5.41) is 0. The fourth-order valence-corrected chi connectivity index (χ4v) is 1.68. The van der Waals surface area contributed by atoms with Gasteiger partial charge in [0.15, 0.2) is 0 Å². The average Bonchev–Trinajstić information content (AvgIpc) is 2.01. The Morgan fingerprint density at radius 3 is 2.58 bits per heavy atom. The number of carbonyl (C=O) groups is 1. The van der Waals surface area contributed by atoms with Crippen LogP contribution in [0.4, 0.5) is 0 Å². The summed E-state index contributed by atoms with van der Waals surface area (Å²) in [6, 6.07) is 0. The van der Waals surface area contributed by atoms with E-state index < -0.39 is 9.04 Å². The van der Waals surface area contributed by atoms with Gasteiger partial charge in [-0.05, 0) is 6.55 Å². The summed E-state index contributed by atoms with van der Waals surface area (Å²) in [6.07, 6.45) is 0.443. The van der Waals surface area contributed by atoms with E-state index in [1.54, 1.807) is 7.11 Å². The predicted molar refractivity (Wildman–Crippen MR) is 47.5 cm³/mol. The van der Waals surface area contributed by atoms with Gasteiger partial charge in [0.25, 0.3) is 0 Å². The second kappa shape index (κ2) is 7.27. The average molecular weight is 192 g/mol. The minimum absolute atomic E-state index is 0.246. The van der Waals surface area contributed by atoms with E-state index >= 15 is 0 Å². The molecule has 0 saturated heterocycles. The van der Waals surface area contributed by atoms with Gasteiger partial charge in [-0.1, -0.05) is 0 Å². The zero-order valence-electron chi connectivity index (χ0n) is 7.83. The molecule has 0 amide bonds. The molecule has 0 spiro atoms. The molecule has 1 unspecified atom stereocenters. The minimum Gasteiger partial charge on any atom is -0.467 e. The van der Waals surface area contributed by atoms with Crippen LogP contribution < -0.4 is 0 Å². The lowest BCUT2D eigenvalue weighted by Gasteiger charge is -2.10. The van der Waals surface area contributed by atoms with Gasteiger partial charge in [0, 0.05) is 14.0 Å². The Morgan fingerprint density at radius 2 is 2.08 bits per heavy atom. The van der Waals surface area contributed by atoms with Crippen LogP contribution in [0.1, 0.15) is 6.92 Å². The zero-order chi connectivity index (χ0) is 9.40. The van der Waals surface area contributed by atoms with Crippen LogP contribution in [0.15, 0.2) is 0 Å². The first-order valence-corrected chi connectivity index (χ1v) is 6.35. The van der Waals surface area contributed by atoms with Gasteiger partial charge in [0.05, 0.1) is 13.2 Å². The molecular weight excluding hydrogens is 176 g/mol. The molecule has 0 aromatic carbocycles. The van der Waals surface area contributed by atoms with Gasteiger partial charge in [-0.2, -0.15) is 0 Å². The van der Waals surface area contributed by atoms with Crippen molar-refractivity contribution in [1.29, 1.82) is 0 Å². The molecule has 12 heavy (non-hydrogen) atoms. The van der Waals surface area contributed by atoms with Crippen molar-refractivity contribution < 1.29 is 18.7 Å². The topological polar surface area (TPSA) is 44.8 Å². The van der Waals surface area contributed by atoms with Crippen LogP contribution in [-0.2, 0) is 18.7 Å². The second-order valence-electron chi connectivity index (χ2n) is 2.48. The Labute approximate surface area is 74.5 Å². The third kappa shape index (κ3) is 7.71. The summed E-state index contributed by atoms with van der Waals surface area (Å²) in [5.41, 5.74) is 0. The molecule has 0 aromatic heterocycles. The SMILES string of the molecule is COCCO[SiH](C)COC(C)=O. The first kappa shape index (κ1) is 11.6. The molecule has 4 nitrogen and oxygen atoms in total. The summed E-state index contributed by atoms with van der Waals surface area (Å²) in [7, 11) is 0.314. The summed E-state index contributed by atoms with van der Waals surface area (Å²) in [4.78, 5) is 10.4. The molecule has 0 fully saturated rings. The molecule has 0 bridgehead atoms. The maximum Gasteiger partial charge on any atom is 0.302 e. The van der Waals surface area contributed by atoms with Crippen molar-refractivity contribution in [2.24, 2.45) is 0 Å². The molecule has 0 rings (SSSR count). The number of methoxy groups -OCH3 is 1. The van der Waals surface area contributed by atoms with Crippen molar-refractivity contribution >= 4 is 15.0 Å². The highest BCUT2D eigenvalue weighted by Gasteiger charge is 2.05. The van der Waals surface area contributed by atoms with E-state index in [2.05, 4.69) is 0 Å². The van der Waals surface area contributed by atoms with Gasteiger partial charge < -0.3 is 13.9 Å². The molecule has 0 aliphatic heterocycles. The highest BCUT2D eigenvalue weighted by molar-refractivity contribution is 6.50. The Balaban J connectivity index is 3.21. The summed E-state index contributed by atoms with van der Waals surface area (Å²) < 4.78 is 15.0. The van der Waals surface area contributed by atoms with E-state index in [0.29, 0.717) is 19.4 Å². The van der Waals surface area contributed by atoms with Crippen molar-refractivity contribution in [1.82, 2.24) is 0 Å². The van der Waals surface area contributed by atoms with Gasteiger partial charge in [0.2, 0.25) is 9.04 Å². The molecule has 0 saturated carbocycles. The van der Waals surface area contributed by atoms with Crippen molar-refractivity contribution in [2.45, 2.75) is 13.5 Å². The van der Waals surface area contributed by atoms with E-state index in [1.165, 1.54) is 6.92 Å². The van der Waals surface area contributed by atoms with Crippen LogP contribution >= 0.6 is 0 Å². The molecule has 0 aromatic rings. The molecule has 0 N–H and O–H groups in total. The van der Waals surface area contributed by atoms with Gasteiger partial charge in [-0.25, -0.2) is 0 Å². The van der Waals surface area contributed by atoms with E-state index in [0.717, 1.165) is 0 Å². The molecule has 1 atom stereocenters. The molecular formula is C7H16O4Si. The van der Waals surface area contributed by atoms with E-state index in [4.69, 9.17) is 13.9 Å². The zero-order valence-corrected chi connectivity index (χ0v) is 8.99. The van der Waals surface area contributed by atoms with Crippen molar-refractivity contribution in [3.05, 3.63) is 0 Å². The third-order valence-corrected chi connectivity index (χ3v) is 2.65. The largest absolute Gasteiger partial charge is 0.467 e. The molecule has 72 valence electrons. The predicted octanol–water partition coefficient (Wildman–Crippen LogP) is 0.105. The van der Waals surface area contributed by atoms with Crippen molar-refractivity contribution in [3.8, 4) is 0 Å². The monoisotopic (exact) mass is 192 g/mol. The van der Waals surface area contributed by atoms with Crippen LogP contribution in [0, 0.1) is 0 Å². The number of esters is 1. The lowest BCUT2D eigenvalue weighted by atomic mass is 10.8. The standard InChI is InChI=1S/C7H16O4Si/c1-7(8)10-6-12(3)11-5-4-9-2/h12H,4-6H2,1-3H3. The molecule has 0 aliphatic rings. The summed E-state index contributed by atoms with van der Waals surface area (Å²) >= 11 is 0. The fraction of sp³-hybridized carbons (Fsp3) is 0.857. The molecule has 0 heterocycles. The summed E-state index contributed by atoms with van der Waals surface area (Å²) in [6.45, 7) is 4.57. The van der Waals surface area contributed by atoms with E-state index in [9.17, 15) is 4.79 Å². The number of rotatable bonds is 6. The normalized spacial score (nSPS) is 12.6. The lowest BCUT2D eigenvalue weighted by Crippen LogP contribution is -2.24. The first-order valence-electron chi connectivity index (χ1n) is 3.90. The van der Waals surface area contributed by atoms with Crippen LogP contribution in [-0.4, -0.2) is 41.6 Å². The van der Waals surface area contributed by atoms with Gasteiger partial charge in [-0.3, -0.25) is 4.79 Å². The van der Waals surface area contributed by atoms with Crippen molar-refractivity contribution in [2.75, 3.05) is 26.6 Å². The molecule has 0 aliphatic carbocycles. The van der Waals surface area contributed by atoms with Gasteiger partial charge in [-0.15, -0.1) is 0 Å². The molecule has 5 heteroatoms. The molecule has 0 radical (unpaired) electrons. The number of carbonyl (C=O) groups excluding carboxylic acids is 1. The Morgan fingerprint density at radius 1 is 1.42 bits per heavy atom. The smallest absolute Gasteiger partial charge is 0.302 e. The summed E-state index contributed by atoms with van der Waals surface area (Å²) in [5.74, 6) is -0.246. The Kier molecular flexibility index (Phi) is 7.03. The second-order valence-corrected chi connectivity index (χ2v) is 4.76. The maximum absolute atomic E-state index is 10.4. The van der Waals surface area contributed by atoms with Crippen LogP contribution in [0.25, 0.3) is 0 Å². The lowest BCUT2D eigenvalue weighted by molar-refractivity contribution is -0.139. The van der Waals surface area contributed by atoms with E-state index in [1.807, 2.05) is 6.55 Å². The van der Waals surface area contributed by atoms with Crippen LogP contribution in [0.3, 0.4) is 0 Å². The van der Waals surface area contributed by atoms with Crippen molar-refractivity contribution in [3.63, 3.8) is 0 Å². The Bertz CT molecular complexity index is 129. The minimum atomic E-state index is -1.31. The fourth-order valence-electron chi connectivity index (χ4n) is 0.615. The Hall–Kier alpha value is -0.393. The van der Waals surface area contributed by atoms with Gasteiger partial charge >= 0.3 is 5.97 Å². The third-order valence-electron chi connectivity index (χ3n) is 1.21. The van der Waals surface area contributed by atoms with Crippen LogP contribution in [0.5, 0.6) is 0 Å². The van der Waals surface area contributed by atoms with Gasteiger partial charge in [0.1, 0.15) is 6.23 Å². The number of hydrogen-bond acceptors (Lipinski definition) is 4. The quantitative estimate of drug-likeness (QED) is 0.340. The number of hydrogen-bond donors (Lipinski definition) is 0. The first-order chi connectivity index (χ1) is 5.66. The van der Waals surface area contributed by atoms with Crippen LogP contribution in [0.2, 0.25) is 6.55 Å².